The molecule has 2 atom stereocenters. The molecule has 0 bridgehead atoms. The molecule has 0 N–H and O–H groups in total. The first-order valence-electron chi connectivity index (χ1n) is 11.1. The summed E-state index contributed by atoms with van der Waals surface area (Å²) in [6.45, 7) is 2.73. The SMILES string of the molecule is CCCC1CCOC(c2ccc3c(F)c(CCc4ccc(C(F)(F)F)c(F)c4)ccc3c2)O1. The average Bonchev–Trinajstić information content (AvgIpc) is 2.78. The predicted molar refractivity (Wildman–Crippen MR) is 116 cm³/mol. The molecular weight excluding hydrogens is 439 g/mol. The van der Waals surface area contributed by atoms with Crippen LogP contribution in [0.5, 0.6) is 0 Å². The van der Waals surface area contributed by atoms with Crippen molar-refractivity contribution in [2.45, 2.75) is 57.6 Å². The first-order valence-corrected chi connectivity index (χ1v) is 11.1. The molecule has 1 saturated heterocycles. The second kappa shape index (κ2) is 9.77. The molecule has 7 heteroatoms. The van der Waals surface area contributed by atoms with E-state index in [9.17, 15) is 17.6 Å². The summed E-state index contributed by atoms with van der Waals surface area (Å²) in [4.78, 5) is 0. The molecular formula is C26H25F5O2. The van der Waals surface area contributed by atoms with Crippen LogP contribution in [0.1, 0.15) is 54.7 Å². The molecule has 2 nitrogen and oxygen atoms in total. The fourth-order valence-electron chi connectivity index (χ4n) is 4.22. The number of ether oxygens (including phenoxy) is 2. The van der Waals surface area contributed by atoms with E-state index in [1.807, 2.05) is 6.07 Å². The topological polar surface area (TPSA) is 18.5 Å². The summed E-state index contributed by atoms with van der Waals surface area (Å²) in [6.07, 6.45) is -1.75. The number of rotatable bonds is 6. The Kier molecular flexibility index (Phi) is 7.00. The van der Waals surface area contributed by atoms with Crippen molar-refractivity contribution in [3.05, 3.63) is 82.4 Å². The minimum atomic E-state index is -4.74. The van der Waals surface area contributed by atoms with E-state index in [2.05, 4.69) is 6.92 Å². The van der Waals surface area contributed by atoms with Crippen LogP contribution in [-0.4, -0.2) is 12.7 Å². The van der Waals surface area contributed by atoms with Crippen molar-refractivity contribution in [1.29, 1.82) is 0 Å². The number of benzene rings is 3. The monoisotopic (exact) mass is 464 g/mol. The van der Waals surface area contributed by atoms with Gasteiger partial charge in [0.25, 0.3) is 0 Å². The Bertz CT molecular complexity index is 1120. The fourth-order valence-corrected chi connectivity index (χ4v) is 4.22. The second-order valence-electron chi connectivity index (χ2n) is 8.37. The number of hydrogen-bond donors (Lipinski definition) is 0. The van der Waals surface area contributed by atoms with E-state index in [0.717, 1.165) is 37.0 Å². The van der Waals surface area contributed by atoms with Crippen molar-refractivity contribution < 1.29 is 31.4 Å². The van der Waals surface area contributed by atoms with Gasteiger partial charge in [0.15, 0.2) is 6.29 Å². The van der Waals surface area contributed by atoms with Gasteiger partial charge in [0.2, 0.25) is 0 Å². The quantitative estimate of drug-likeness (QED) is 0.351. The third-order valence-corrected chi connectivity index (χ3v) is 5.99. The molecule has 176 valence electrons. The molecule has 33 heavy (non-hydrogen) atoms. The molecule has 3 aromatic rings. The van der Waals surface area contributed by atoms with Gasteiger partial charge >= 0.3 is 6.18 Å². The van der Waals surface area contributed by atoms with Crippen LogP contribution < -0.4 is 0 Å². The van der Waals surface area contributed by atoms with E-state index in [1.54, 1.807) is 24.3 Å². The normalized spacial score (nSPS) is 19.2. The highest BCUT2D eigenvalue weighted by Gasteiger charge is 2.33. The molecule has 0 aliphatic carbocycles. The third kappa shape index (κ3) is 5.36. The molecule has 0 radical (unpaired) electrons. The molecule has 0 saturated carbocycles. The summed E-state index contributed by atoms with van der Waals surface area (Å²) in [5, 5.41) is 1.15. The summed E-state index contributed by atoms with van der Waals surface area (Å²) in [5.74, 6) is -1.71. The molecule has 2 unspecified atom stereocenters. The maximum absolute atomic E-state index is 15.1. The fraction of sp³-hybridized carbons (Fsp3) is 0.385. The lowest BCUT2D eigenvalue weighted by Gasteiger charge is -2.30. The maximum Gasteiger partial charge on any atom is 0.419 e. The van der Waals surface area contributed by atoms with Crippen molar-refractivity contribution in [2.24, 2.45) is 0 Å². The molecule has 1 fully saturated rings. The van der Waals surface area contributed by atoms with Gasteiger partial charge in [-0.2, -0.15) is 13.2 Å². The number of hydrogen-bond acceptors (Lipinski definition) is 2. The van der Waals surface area contributed by atoms with Crippen LogP contribution >= 0.6 is 0 Å². The van der Waals surface area contributed by atoms with Crippen LogP contribution in [0.25, 0.3) is 10.8 Å². The van der Waals surface area contributed by atoms with Gasteiger partial charge in [-0.1, -0.05) is 43.7 Å². The Labute approximate surface area is 189 Å². The first-order chi connectivity index (χ1) is 15.8. The minimum absolute atomic E-state index is 0.151. The molecule has 4 rings (SSSR count). The van der Waals surface area contributed by atoms with Gasteiger partial charge in [0.05, 0.1) is 18.3 Å². The zero-order valence-corrected chi connectivity index (χ0v) is 18.2. The molecule has 0 spiro atoms. The van der Waals surface area contributed by atoms with E-state index in [4.69, 9.17) is 9.47 Å². The number of aryl methyl sites for hydroxylation is 2. The van der Waals surface area contributed by atoms with Crippen molar-refractivity contribution in [3.8, 4) is 0 Å². The van der Waals surface area contributed by atoms with E-state index in [0.29, 0.717) is 28.5 Å². The average molecular weight is 464 g/mol. The highest BCUT2D eigenvalue weighted by Crippen LogP contribution is 2.33. The summed E-state index contributed by atoms with van der Waals surface area (Å²) < 4.78 is 78.9. The minimum Gasteiger partial charge on any atom is -0.348 e. The smallest absolute Gasteiger partial charge is 0.348 e. The second-order valence-corrected chi connectivity index (χ2v) is 8.37. The Hall–Kier alpha value is -2.51. The molecule has 1 heterocycles. The summed E-state index contributed by atoms with van der Waals surface area (Å²) in [6, 6.07) is 11.6. The van der Waals surface area contributed by atoms with Crippen molar-refractivity contribution in [1.82, 2.24) is 0 Å². The first kappa shape index (κ1) is 23.6. The van der Waals surface area contributed by atoms with Crippen molar-refractivity contribution in [2.75, 3.05) is 6.61 Å². The van der Waals surface area contributed by atoms with Crippen molar-refractivity contribution >= 4 is 10.8 Å². The Morgan fingerprint density at radius 3 is 2.52 bits per heavy atom. The molecule has 1 aliphatic heterocycles. The van der Waals surface area contributed by atoms with Crippen LogP contribution in [0.15, 0.2) is 48.5 Å². The summed E-state index contributed by atoms with van der Waals surface area (Å²) in [7, 11) is 0. The summed E-state index contributed by atoms with van der Waals surface area (Å²) >= 11 is 0. The van der Waals surface area contributed by atoms with Gasteiger partial charge in [-0.3, -0.25) is 0 Å². The lowest BCUT2D eigenvalue weighted by atomic mass is 9.98. The summed E-state index contributed by atoms with van der Waals surface area (Å²) in [5.41, 5.74) is 0.328. The van der Waals surface area contributed by atoms with Crippen LogP contribution in [0.2, 0.25) is 0 Å². The van der Waals surface area contributed by atoms with Gasteiger partial charge < -0.3 is 9.47 Å². The Morgan fingerprint density at radius 2 is 1.79 bits per heavy atom. The zero-order valence-electron chi connectivity index (χ0n) is 18.2. The van der Waals surface area contributed by atoms with E-state index >= 15 is 4.39 Å². The lowest BCUT2D eigenvalue weighted by Crippen LogP contribution is -2.26. The standard InChI is InChI=1S/C26H25F5O2/c1-2-3-20-12-13-32-25(33-20)19-9-10-21-18(15-19)8-7-17(24(21)28)6-4-16-5-11-22(23(27)14-16)26(29,30)31/h5,7-11,14-15,20,25H,2-4,6,12-13H2,1H3. The Balaban J connectivity index is 1.49. The van der Waals surface area contributed by atoms with Gasteiger partial charge in [-0.25, -0.2) is 8.78 Å². The van der Waals surface area contributed by atoms with Crippen LogP contribution in [0, 0.1) is 11.6 Å². The van der Waals surface area contributed by atoms with Gasteiger partial charge in [-0.05, 0) is 60.4 Å². The van der Waals surface area contributed by atoms with E-state index in [-0.39, 0.29) is 24.8 Å². The van der Waals surface area contributed by atoms with E-state index < -0.39 is 23.8 Å². The van der Waals surface area contributed by atoms with Crippen molar-refractivity contribution in [3.63, 3.8) is 0 Å². The van der Waals surface area contributed by atoms with E-state index in [1.165, 1.54) is 6.07 Å². The highest BCUT2D eigenvalue weighted by molar-refractivity contribution is 5.84. The largest absolute Gasteiger partial charge is 0.419 e. The number of halogens is 5. The maximum atomic E-state index is 15.1. The van der Waals surface area contributed by atoms with Gasteiger partial charge in [0, 0.05) is 10.9 Å². The molecule has 0 amide bonds. The number of fused-ring (bicyclic) bond motifs is 1. The van der Waals surface area contributed by atoms with Crippen LogP contribution in [-0.2, 0) is 28.5 Å². The molecule has 0 aromatic heterocycles. The highest BCUT2D eigenvalue weighted by atomic mass is 19.4. The number of alkyl halides is 3. The van der Waals surface area contributed by atoms with Crippen LogP contribution in [0.3, 0.4) is 0 Å². The predicted octanol–water partition coefficient (Wildman–Crippen LogP) is 7.53. The lowest BCUT2D eigenvalue weighted by molar-refractivity contribution is -0.218. The zero-order chi connectivity index (χ0) is 23.6. The third-order valence-electron chi connectivity index (χ3n) is 5.99. The van der Waals surface area contributed by atoms with Gasteiger partial charge in [-0.15, -0.1) is 0 Å². The molecule has 1 aliphatic rings. The van der Waals surface area contributed by atoms with Gasteiger partial charge in [0.1, 0.15) is 11.6 Å². The molecule has 3 aromatic carbocycles. The van der Waals surface area contributed by atoms with Crippen LogP contribution in [0.4, 0.5) is 22.0 Å². The Morgan fingerprint density at radius 1 is 0.970 bits per heavy atom.